The highest BCUT2D eigenvalue weighted by molar-refractivity contribution is 5.95. The number of carbonyl (C=O) groups excluding carboxylic acids is 3. The summed E-state index contributed by atoms with van der Waals surface area (Å²) in [7, 11) is 0. The number of benzene rings is 1. The number of carbonyl (C=O) groups is 3. The van der Waals surface area contributed by atoms with Crippen LogP contribution in [0.15, 0.2) is 30.3 Å². The average molecular weight is 412 g/mol. The number of nitrogens with zero attached hydrogens (tertiary/aromatic N) is 3. The molecule has 0 N–H and O–H groups in total. The third-order valence-corrected chi connectivity index (χ3v) is 6.96. The van der Waals surface area contributed by atoms with Gasteiger partial charge < -0.3 is 14.7 Å². The Labute approximate surface area is 179 Å². The zero-order valence-electron chi connectivity index (χ0n) is 17.8. The summed E-state index contributed by atoms with van der Waals surface area (Å²) in [5.74, 6) is 0.874. The molecule has 2 aliphatic heterocycles. The maximum absolute atomic E-state index is 13.1. The molecule has 162 valence electrons. The molecule has 6 heteroatoms. The van der Waals surface area contributed by atoms with Gasteiger partial charge in [0.2, 0.25) is 17.7 Å². The van der Waals surface area contributed by atoms with Crippen LogP contribution in [0.5, 0.6) is 0 Å². The Kier molecular flexibility index (Phi) is 6.70. The fraction of sp³-hybridized carbons (Fsp3) is 0.625. The zero-order chi connectivity index (χ0) is 20.9. The third kappa shape index (κ3) is 4.85. The third-order valence-electron chi connectivity index (χ3n) is 6.96. The second-order valence-corrected chi connectivity index (χ2v) is 9.00. The summed E-state index contributed by atoms with van der Waals surface area (Å²) in [5.41, 5.74) is 1.03. The van der Waals surface area contributed by atoms with E-state index in [1.807, 2.05) is 35.2 Å². The SMILES string of the molecule is O=C(CCC1CCCCC1)N1CC[C@H]2C(=O)N(Cc3ccccc3)CC(=O)N2CC1. The van der Waals surface area contributed by atoms with E-state index in [0.717, 1.165) is 12.0 Å². The van der Waals surface area contributed by atoms with Gasteiger partial charge in [0.15, 0.2) is 0 Å². The summed E-state index contributed by atoms with van der Waals surface area (Å²) in [4.78, 5) is 43.9. The van der Waals surface area contributed by atoms with Crippen molar-refractivity contribution in [3.63, 3.8) is 0 Å². The van der Waals surface area contributed by atoms with Crippen molar-refractivity contribution in [2.75, 3.05) is 26.2 Å². The van der Waals surface area contributed by atoms with E-state index in [9.17, 15) is 14.4 Å². The standard InChI is InChI=1S/C24H33N3O3/c28-22(12-11-19-7-3-1-4-8-19)25-14-13-21-24(30)26(17-20-9-5-2-6-10-20)18-23(29)27(21)16-15-25/h2,5-6,9-10,19,21H,1,3-4,7-8,11-18H2/t21-/m0/s1. The molecule has 6 nitrogen and oxygen atoms in total. The fourth-order valence-electron chi connectivity index (χ4n) is 5.18. The molecule has 4 rings (SSSR count). The first-order valence-corrected chi connectivity index (χ1v) is 11.5. The minimum absolute atomic E-state index is 0.00737. The number of hydrogen-bond donors (Lipinski definition) is 0. The molecule has 0 spiro atoms. The molecule has 1 saturated carbocycles. The van der Waals surface area contributed by atoms with Crippen LogP contribution in [0.4, 0.5) is 0 Å². The van der Waals surface area contributed by atoms with Crippen molar-refractivity contribution in [1.82, 2.24) is 14.7 Å². The molecule has 3 fully saturated rings. The highest BCUT2D eigenvalue weighted by atomic mass is 16.2. The molecule has 1 atom stereocenters. The Morgan fingerprint density at radius 2 is 1.70 bits per heavy atom. The van der Waals surface area contributed by atoms with E-state index >= 15 is 0 Å². The molecule has 2 saturated heterocycles. The number of piperazine rings is 1. The van der Waals surface area contributed by atoms with Crippen LogP contribution in [0.3, 0.4) is 0 Å². The molecule has 1 aromatic carbocycles. The quantitative estimate of drug-likeness (QED) is 0.749. The van der Waals surface area contributed by atoms with Crippen molar-refractivity contribution in [3.05, 3.63) is 35.9 Å². The first-order valence-electron chi connectivity index (χ1n) is 11.5. The van der Waals surface area contributed by atoms with Crippen molar-refractivity contribution in [3.8, 4) is 0 Å². The predicted molar refractivity (Wildman–Crippen MR) is 114 cm³/mol. The van der Waals surface area contributed by atoms with Gasteiger partial charge in [0.05, 0.1) is 0 Å². The Balaban J connectivity index is 1.34. The number of amides is 3. The number of fused-ring (bicyclic) bond motifs is 1. The summed E-state index contributed by atoms with van der Waals surface area (Å²) < 4.78 is 0. The molecule has 30 heavy (non-hydrogen) atoms. The lowest BCUT2D eigenvalue weighted by Crippen LogP contribution is -2.59. The van der Waals surface area contributed by atoms with Gasteiger partial charge in [-0.15, -0.1) is 0 Å². The van der Waals surface area contributed by atoms with Crippen molar-refractivity contribution < 1.29 is 14.4 Å². The van der Waals surface area contributed by atoms with E-state index in [-0.39, 0.29) is 24.3 Å². The molecule has 1 aliphatic carbocycles. The van der Waals surface area contributed by atoms with Gasteiger partial charge in [-0.25, -0.2) is 0 Å². The van der Waals surface area contributed by atoms with Crippen LogP contribution in [0, 0.1) is 5.92 Å². The van der Waals surface area contributed by atoms with Crippen molar-refractivity contribution >= 4 is 17.7 Å². The van der Waals surface area contributed by atoms with Gasteiger partial charge in [-0.1, -0.05) is 62.4 Å². The topological polar surface area (TPSA) is 60.9 Å². The lowest BCUT2D eigenvalue weighted by molar-refractivity contribution is -0.156. The second-order valence-electron chi connectivity index (χ2n) is 9.00. The van der Waals surface area contributed by atoms with Crippen LogP contribution in [0.1, 0.15) is 56.9 Å². The van der Waals surface area contributed by atoms with Gasteiger partial charge in [-0.05, 0) is 24.3 Å². The van der Waals surface area contributed by atoms with E-state index in [0.29, 0.717) is 44.9 Å². The van der Waals surface area contributed by atoms with Crippen LogP contribution >= 0.6 is 0 Å². The lowest BCUT2D eigenvalue weighted by atomic mass is 9.86. The van der Waals surface area contributed by atoms with Gasteiger partial charge in [-0.2, -0.15) is 0 Å². The Morgan fingerprint density at radius 3 is 2.47 bits per heavy atom. The minimum atomic E-state index is -0.439. The maximum atomic E-state index is 13.1. The minimum Gasteiger partial charge on any atom is -0.341 e. The van der Waals surface area contributed by atoms with Crippen LogP contribution < -0.4 is 0 Å². The average Bonchev–Trinajstić information content (AvgIpc) is 3.01. The summed E-state index contributed by atoms with van der Waals surface area (Å²) in [6.45, 7) is 2.14. The fourth-order valence-corrected chi connectivity index (χ4v) is 5.18. The van der Waals surface area contributed by atoms with Crippen LogP contribution in [-0.4, -0.2) is 64.6 Å². The summed E-state index contributed by atoms with van der Waals surface area (Å²) in [6.07, 6.45) is 8.53. The molecule has 0 aromatic heterocycles. The molecule has 0 radical (unpaired) electrons. The molecule has 2 heterocycles. The van der Waals surface area contributed by atoms with Gasteiger partial charge in [0.25, 0.3) is 0 Å². The molecular weight excluding hydrogens is 378 g/mol. The van der Waals surface area contributed by atoms with Gasteiger partial charge >= 0.3 is 0 Å². The molecule has 0 unspecified atom stereocenters. The monoisotopic (exact) mass is 411 g/mol. The van der Waals surface area contributed by atoms with Crippen LogP contribution in [0.25, 0.3) is 0 Å². The van der Waals surface area contributed by atoms with E-state index in [1.54, 1.807) is 9.80 Å². The van der Waals surface area contributed by atoms with E-state index in [2.05, 4.69) is 0 Å². The molecule has 3 aliphatic rings. The van der Waals surface area contributed by atoms with E-state index in [4.69, 9.17) is 0 Å². The summed E-state index contributed by atoms with van der Waals surface area (Å²) in [5, 5.41) is 0. The second kappa shape index (κ2) is 9.63. The smallest absolute Gasteiger partial charge is 0.246 e. The highest BCUT2D eigenvalue weighted by Crippen LogP contribution is 2.28. The first kappa shape index (κ1) is 20.9. The predicted octanol–water partition coefficient (Wildman–Crippen LogP) is 2.82. The molecule has 1 aromatic rings. The first-order chi connectivity index (χ1) is 14.6. The van der Waals surface area contributed by atoms with Crippen LogP contribution in [-0.2, 0) is 20.9 Å². The maximum Gasteiger partial charge on any atom is 0.246 e. The highest BCUT2D eigenvalue weighted by Gasteiger charge is 2.41. The normalized spacial score (nSPS) is 23.3. The van der Waals surface area contributed by atoms with Gasteiger partial charge in [0.1, 0.15) is 12.6 Å². The Hall–Kier alpha value is -2.37. The summed E-state index contributed by atoms with van der Waals surface area (Å²) in [6, 6.07) is 9.35. The Bertz CT molecular complexity index is 760. The Morgan fingerprint density at radius 1 is 0.933 bits per heavy atom. The van der Waals surface area contributed by atoms with Crippen LogP contribution in [0.2, 0.25) is 0 Å². The molecule has 0 bridgehead atoms. The largest absolute Gasteiger partial charge is 0.341 e. The van der Waals surface area contributed by atoms with Crippen molar-refractivity contribution in [2.45, 2.75) is 64.0 Å². The summed E-state index contributed by atoms with van der Waals surface area (Å²) >= 11 is 0. The zero-order valence-corrected chi connectivity index (χ0v) is 17.8. The van der Waals surface area contributed by atoms with E-state index in [1.165, 1.54) is 32.1 Å². The van der Waals surface area contributed by atoms with Gasteiger partial charge in [-0.3, -0.25) is 14.4 Å². The molecular formula is C24H33N3O3. The van der Waals surface area contributed by atoms with Crippen molar-refractivity contribution in [1.29, 1.82) is 0 Å². The van der Waals surface area contributed by atoms with Gasteiger partial charge in [0, 0.05) is 32.6 Å². The van der Waals surface area contributed by atoms with E-state index < -0.39 is 6.04 Å². The molecule has 3 amide bonds. The number of rotatable bonds is 5. The lowest BCUT2D eigenvalue weighted by Gasteiger charge is -2.39. The van der Waals surface area contributed by atoms with Crippen molar-refractivity contribution in [2.24, 2.45) is 5.92 Å². The number of hydrogen-bond acceptors (Lipinski definition) is 3.